The van der Waals surface area contributed by atoms with Crippen molar-refractivity contribution in [3.8, 4) is 23.0 Å². The number of benzene rings is 2. The fourth-order valence-electron chi connectivity index (χ4n) is 2.43. The van der Waals surface area contributed by atoms with Crippen molar-refractivity contribution in [3.05, 3.63) is 53.9 Å². The number of hydrogen-bond acceptors (Lipinski definition) is 6. The van der Waals surface area contributed by atoms with E-state index >= 15 is 0 Å². The molecule has 2 aromatic carbocycles. The summed E-state index contributed by atoms with van der Waals surface area (Å²) in [5, 5.41) is 11.4. The summed E-state index contributed by atoms with van der Waals surface area (Å²) in [6.07, 6.45) is 0. The van der Waals surface area contributed by atoms with Gasteiger partial charge in [-0.25, -0.2) is 0 Å². The van der Waals surface area contributed by atoms with E-state index in [0.717, 1.165) is 28.3 Å². The van der Waals surface area contributed by atoms with Crippen molar-refractivity contribution >= 4 is 5.69 Å². The Bertz CT molecular complexity index is 845. The lowest BCUT2D eigenvalue weighted by Crippen LogP contribution is -1.99. The minimum absolute atomic E-state index is 0.266. The quantitative estimate of drug-likeness (QED) is 0.796. The Balaban J connectivity index is 1.47. The minimum Gasteiger partial charge on any atom is -0.454 e. The van der Waals surface area contributed by atoms with Crippen LogP contribution in [0.2, 0.25) is 0 Å². The fourth-order valence-corrected chi connectivity index (χ4v) is 2.43. The van der Waals surface area contributed by atoms with Gasteiger partial charge in [-0.3, -0.25) is 0 Å². The molecule has 6 heteroatoms. The van der Waals surface area contributed by atoms with Crippen LogP contribution in [0.1, 0.15) is 11.5 Å². The van der Waals surface area contributed by atoms with Crippen LogP contribution in [-0.2, 0) is 6.54 Å². The van der Waals surface area contributed by atoms with E-state index in [1.54, 1.807) is 0 Å². The van der Waals surface area contributed by atoms with E-state index in [9.17, 15) is 0 Å². The highest BCUT2D eigenvalue weighted by Crippen LogP contribution is 2.34. The number of hydrogen-bond donors (Lipinski definition) is 1. The molecule has 0 saturated heterocycles. The van der Waals surface area contributed by atoms with E-state index in [1.807, 2.05) is 49.4 Å². The summed E-state index contributed by atoms with van der Waals surface area (Å²) in [6, 6.07) is 13.6. The SMILES string of the molecule is Cc1ccccc1-c1nnc(CNc2ccc3c(c2)OCO3)o1. The Hall–Kier alpha value is -3.02. The first-order valence-corrected chi connectivity index (χ1v) is 7.31. The van der Waals surface area contributed by atoms with Crippen molar-refractivity contribution in [2.45, 2.75) is 13.5 Å². The number of nitrogens with one attached hydrogen (secondary N) is 1. The Labute approximate surface area is 133 Å². The van der Waals surface area contributed by atoms with Gasteiger partial charge >= 0.3 is 0 Å². The van der Waals surface area contributed by atoms with Gasteiger partial charge in [-0.2, -0.15) is 0 Å². The van der Waals surface area contributed by atoms with E-state index in [4.69, 9.17) is 13.9 Å². The average molecular weight is 309 g/mol. The van der Waals surface area contributed by atoms with Crippen molar-refractivity contribution in [1.29, 1.82) is 0 Å². The number of rotatable bonds is 4. The molecular weight excluding hydrogens is 294 g/mol. The molecule has 0 amide bonds. The van der Waals surface area contributed by atoms with Gasteiger partial charge in [0.15, 0.2) is 11.5 Å². The number of ether oxygens (including phenoxy) is 2. The monoisotopic (exact) mass is 309 g/mol. The second-order valence-corrected chi connectivity index (χ2v) is 5.24. The van der Waals surface area contributed by atoms with E-state index in [1.165, 1.54) is 0 Å². The maximum atomic E-state index is 5.72. The van der Waals surface area contributed by atoms with Gasteiger partial charge in [0, 0.05) is 17.3 Å². The predicted octanol–water partition coefficient (Wildman–Crippen LogP) is 3.39. The maximum Gasteiger partial charge on any atom is 0.248 e. The van der Waals surface area contributed by atoms with Gasteiger partial charge in [0.25, 0.3) is 0 Å². The third-order valence-corrected chi connectivity index (χ3v) is 3.66. The molecule has 1 N–H and O–H groups in total. The molecule has 2 heterocycles. The zero-order chi connectivity index (χ0) is 15.6. The van der Waals surface area contributed by atoms with Crippen LogP contribution in [0, 0.1) is 6.92 Å². The van der Waals surface area contributed by atoms with Crippen LogP contribution < -0.4 is 14.8 Å². The van der Waals surface area contributed by atoms with Gasteiger partial charge in [-0.05, 0) is 30.7 Å². The summed E-state index contributed by atoms with van der Waals surface area (Å²) in [5.41, 5.74) is 2.96. The Morgan fingerprint density at radius 2 is 1.91 bits per heavy atom. The topological polar surface area (TPSA) is 69.4 Å². The Morgan fingerprint density at radius 1 is 1.04 bits per heavy atom. The summed E-state index contributed by atoms with van der Waals surface area (Å²) in [7, 11) is 0. The summed E-state index contributed by atoms with van der Waals surface area (Å²) in [6.45, 7) is 2.73. The number of anilines is 1. The molecule has 0 aliphatic carbocycles. The lowest BCUT2D eigenvalue weighted by Gasteiger charge is -2.04. The summed E-state index contributed by atoms with van der Waals surface area (Å²) < 4.78 is 16.4. The normalized spacial score (nSPS) is 12.4. The molecular formula is C17H15N3O3. The number of fused-ring (bicyclic) bond motifs is 1. The smallest absolute Gasteiger partial charge is 0.248 e. The van der Waals surface area contributed by atoms with Crippen molar-refractivity contribution in [2.24, 2.45) is 0 Å². The van der Waals surface area contributed by atoms with Gasteiger partial charge in [-0.1, -0.05) is 18.2 Å². The Kier molecular flexibility index (Phi) is 3.34. The second-order valence-electron chi connectivity index (χ2n) is 5.24. The van der Waals surface area contributed by atoms with Crippen LogP contribution in [0.25, 0.3) is 11.5 Å². The molecule has 0 bridgehead atoms. The van der Waals surface area contributed by atoms with Crippen LogP contribution in [0.3, 0.4) is 0 Å². The first-order chi connectivity index (χ1) is 11.3. The standard InChI is InChI=1S/C17H15N3O3/c1-11-4-2-3-5-13(11)17-20-19-16(23-17)9-18-12-6-7-14-15(8-12)22-10-21-14/h2-8,18H,9-10H2,1H3. The second kappa shape index (κ2) is 5.64. The molecule has 23 heavy (non-hydrogen) atoms. The molecule has 6 nitrogen and oxygen atoms in total. The summed E-state index contributed by atoms with van der Waals surface area (Å²) in [5.74, 6) is 2.56. The highest BCUT2D eigenvalue weighted by molar-refractivity contribution is 5.58. The molecule has 1 aliphatic rings. The third-order valence-electron chi connectivity index (χ3n) is 3.66. The van der Waals surface area contributed by atoms with Crippen molar-refractivity contribution in [2.75, 3.05) is 12.1 Å². The van der Waals surface area contributed by atoms with Gasteiger partial charge in [0.2, 0.25) is 18.6 Å². The summed E-state index contributed by atoms with van der Waals surface area (Å²) >= 11 is 0. The first kappa shape index (κ1) is 13.6. The van der Waals surface area contributed by atoms with Crippen LogP contribution in [0.4, 0.5) is 5.69 Å². The lowest BCUT2D eigenvalue weighted by atomic mass is 10.1. The van der Waals surface area contributed by atoms with Crippen LogP contribution in [0.15, 0.2) is 46.9 Å². The van der Waals surface area contributed by atoms with Crippen molar-refractivity contribution < 1.29 is 13.9 Å². The van der Waals surface area contributed by atoms with Gasteiger partial charge in [0.05, 0.1) is 6.54 Å². The van der Waals surface area contributed by atoms with Gasteiger partial charge < -0.3 is 19.2 Å². The van der Waals surface area contributed by atoms with E-state index in [2.05, 4.69) is 15.5 Å². The highest BCUT2D eigenvalue weighted by Gasteiger charge is 2.14. The molecule has 0 fully saturated rings. The molecule has 3 aromatic rings. The number of nitrogens with zero attached hydrogens (tertiary/aromatic N) is 2. The molecule has 0 atom stereocenters. The molecule has 0 unspecified atom stereocenters. The van der Waals surface area contributed by atoms with E-state index < -0.39 is 0 Å². The largest absolute Gasteiger partial charge is 0.454 e. The van der Waals surface area contributed by atoms with Crippen LogP contribution >= 0.6 is 0 Å². The Morgan fingerprint density at radius 3 is 2.83 bits per heavy atom. The minimum atomic E-state index is 0.266. The van der Waals surface area contributed by atoms with Crippen molar-refractivity contribution in [3.63, 3.8) is 0 Å². The lowest BCUT2D eigenvalue weighted by molar-refractivity contribution is 0.174. The molecule has 0 spiro atoms. The highest BCUT2D eigenvalue weighted by atomic mass is 16.7. The van der Waals surface area contributed by atoms with Crippen LogP contribution in [-0.4, -0.2) is 17.0 Å². The summed E-state index contributed by atoms with van der Waals surface area (Å²) in [4.78, 5) is 0. The average Bonchev–Trinajstić information content (AvgIpc) is 3.22. The molecule has 0 radical (unpaired) electrons. The van der Waals surface area contributed by atoms with Gasteiger partial charge in [0.1, 0.15) is 0 Å². The molecule has 1 aromatic heterocycles. The molecule has 0 saturated carbocycles. The number of aryl methyl sites for hydroxylation is 1. The zero-order valence-corrected chi connectivity index (χ0v) is 12.6. The van der Waals surface area contributed by atoms with E-state index in [-0.39, 0.29) is 6.79 Å². The van der Waals surface area contributed by atoms with Crippen LogP contribution in [0.5, 0.6) is 11.5 Å². The number of aromatic nitrogens is 2. The molecule has 4 rings (SSSR count). The molecule has 116 valence electrons. The van der Waals surface area contributed by atoms with Crippen molar-refractivity contribution in [1.82, 2.24) is 10.2 Å². The first-order valence-electron chi connectivity index (χ1n) is 7.31. The third kappa shape index (κ3) is 2.70. The molecule has 1 aliphatic heterocycles. The van der Waals surface area contributed by atoms with Gasteiger partial charge in [-0.15, -0.1) is 10.2 Å². The maximum absolute atomic E-state index is 5.72. The van der Waals surface area contributed by atoms with E-state index in [0.29, 0.717) is 18.3 Å². The predicted molar refractivity (Wildman–Crippen MR) is 84.4 cm³/mol. The fraction of sp³-hybridized carbons (Fsp3) is 0.176. The zero-order valence-electron chi connectivity index (χ0n) is 12.6.